The number of aliphatic imine (C=N–C) groups is 1. The fraction of sp³-hybridized carbons (Fsp3) is 0.542. The Bertz CT molecular complexity index is 1110. The molecule has 0 atom stereocenters. The Morgan fingerprint density at radius 1 is 1.09 bits per heavy atom. The number of rotatable bonds is 5. The van der Waals surface area contributed by atoms with Crippen molar-refractivity contribution in [2.45, 2.75) is 32.1 Å². The first kappa shape index (κ1) is 25.2. The summed E-state index contributed by atoms with van der Waals surface area (Å²) in [6.07, 6.45) is 6.92. The summed E-state index contributed by atoms with van der Waals surface area (Å²) in [5.74, 6) is -0.470. The van der Waals surface area contributed by atoms with Gasteiger partial charge < -0.3 is 9.80 Å². The molecular formula is C24H32N6O4S. The van der Waals surface area contributed by atoms with E-state index < -0.39 is 21.3 Å². The van der Waals surface area contributed by atoms with Crippen LogP contribution in [0, 0.1) is 16.9 Å². The first-order valence-electron chi connectivity index (χ1n) is 12.0. The average molecular weight is 501 g/mol. The van der Waals surface area contributed by atoms with Crippen LogP contribution in [0.2, 0.25) is 0 Å². The van der Waals surface area contributed by atoms with Crippen LogP contribution in [0.3, 0.4) is 0 Å². The van der Waals surface area contributed by atoms with Crippen LogP contribution in [0.1, 0.15) is 37.7 Å². The molecule has 0 radical (unpaired) electrons. The molecule has 3 aliphatic heterocycles. The molecule has 3 heterocycles. The quantitative estimate of drug-likeness (QED) is 0.207. The number of carbonyl (C=O) groups is 1. The van der Waals surface area contributed by atoms with Crippen LogP contribution in [0.25, 0.3) is 5.57 Å². The molecule has 0 aromatic heterocycles. The summed E-state index contributed by atoms with van der Waals surface area (Å²) in [6, 6.07) is 9.88. The Morgan fingerprint density at radius 3 is 2.31 bits per heavy atom. The zero-order valence-corrected chi connectivity index (χ0v) is 20.6. The van der Waals surface area contributed by atoms with Gasteiger partial charge in [-0.3, -0.25) is 10.0 Å². The summed E-state index contributed by atoms with van der Waals surface area (Å²) in [6.45, 7) is 2.99. The van der Waals surface area contributed by atoms with E-state index in [1.807, 2.05) is 47.5 Å². The molecule has 3 aliphatic rings. The number of hydrogen-bond donors (Lipinski definition) is 2. The van der Waals surface area contributed by atoms with Crippen LogP contribution >= 0.6 is 0 Å². The Kier molecular flexibility index (Phi) is 7.74. The molecule has 11 heteroatoms. The van der Waals surface area contributed by atoms with Crippen LogP contribution in [0.15, 0.2) is 41.4 Å². The summed E-state index contributed by atoms with van der Waals surface area (Å²) in [5, 5.41) is 18.6. The van der Waals surface area contributed by atoms with Gasteiger partial charge >= 0.3 is 0 Å². The molecular weight excluding hydrogens is 468 g/mol. The summed E-state index contributed by atoms with van der Waals surface area (Å²) < 4.78 is 28.2. The highest BCUT2D eigenvalue weighted by Crippen LogP contribution is 2.36. The van der Waals surface area contributed by atoms with Gasteiger partial charge in [0.1, 0.15) is 0 Å². The molecule has 188 valence electrons. The van der Waals surface area contributed by atoms with Gasteiger partial charge in [-0.1, -0.05) is 36.4 Å². The van der Waals surface area contributed by atoms with Crippen molar-refractivity contribution < 1.29 is 18.4 Å². The minimum atomic E-state index is -3.76. The van der Waals surface area contributed by atoms with Gasteiger partial charge in [-0.25, -0.2) is 13.9 Å². The summed E-state index contributed by atoms with van der Waals surface area (Å²) in [4.78, 5) is 20.8. The van der Waals surface area contributed by atoms with Gasteiger partial charge in [-0.15, -0.1) is 4.99 Å². The maximum absolute atomic E-state index is 13.4. The number of nitrogens with zero attached hydrogens (tertiary/aromatic N) is 5. The Morgan fingerprint density at radius 2 is 1.74 bits per heavy atom. The first-order valence-corrected chi connectivity index (χ1v) is 13.6. The number of hydrogen-bond acceptors (Lipinski definition) is 6. The lowest BCUT2D eigenvalue weighted by Crippen LogP contribution is -2.56. The second kappa shape index (κ2) is 10.8. The Balaban J connectivity index is 1.46. The fourth-order valence-electron chi connectivity index (χ4n) is 5.25. The summed E-state index contributed by atoms with van der Waals surface area (Å²) in [5.41, 5.74) is 2.65. The molecule has 1 aromatic carbocycles. The molecule has 0 unspecified atom stereocenters. The number of nitrogens with one attached hydrogen (secondary N) is 1. The number of guanidine groups is 1. The van der Waals surface area contributed by atoms with E-state index in [2.05, 4.69) is 9.89 Å². The van der Waals surface area contributed by atoms with Crippen molar-refractivity contribution in [1.29, 1.82) is 5.26 Å². The van der Waals surface area contributed by atoms with Crippen LogP contribution in [0.4, 0.5) is 0 Å². The number of sulfonamides is 1. The standard InChI is InChI=1S/C24H32N6O4S/c25-19-26-23(28-12-4-5-13-28)29-16-10-24(11-17-29,22(31)27-32)18-35(33,34)30-14-8-21(9-15-30)20-6-2-1-3-7-20/h1-3,6-8,32H,4-5,9-18H2,(H,27,31). The van der Waals surface area contributed by atoms with Crippen molar-refractivity contribution in [2.24, 2.45) is 10.4 Å². The van der Waals surface area contributed by atoms with E-state index in [1.54, 1.807) is 5.48 Å². The van der Waals surface area contributed by atoms with Crippen LogP contribution in [0.5, 0.6) is 0 Å². The molecule has 1 amide bonds. The second-order valence-corrected chi connectivity index (χ2v) is 11.3. The zero-order valence-electron chi connectivity index (χ0n) is 19.8. The molecule has 10 nitrogen and oxygen atoms in total. The van der Waals surface area contributed by atoms with Crippen molar-refractivity contribution in [1.82, 2.24) is 19.6 Å². The first-order chi connectivity index (χ1) is 16.9. The van der Waals surface area contributed by atoms with Crippen LogP contribution in [-0.2, 0) is 14.8 Å². The Labute approximate surface area is 206 Å². The average Bonchev–Trinajstić information content (AvgIpc) is 3.42. The van der Waals surface area contributed by atoms with Crippen LogP contribution < -0.4 is 5.48 Å². The number of nitriles is 1. The van der Waals surface area contributed by atoms with Gasteiger partial charge in [0.2, 0.25) is 22.2 Å². The molecule has 4 rings (SSSR count). The number of piperidine rings is 1. The van der Waals surface area contributed by atoms with E-state index >= 15 is 0 Å². The van der Waals surface area contributed by atoms with Gasteiger partial charge in [-0.2, -0.15) is 9.57 Å². The molecule has 2 fully saturated rings. The summed E-state index contributed by atoms with van der Waals surface area (Å²) >= 11 is 0. The van der Waals surface area contributed by atoms with Gasteiger partial charge in [0.25, 0.3) is 5.91 Å². The molecule has 0 bridgehead atoms. The van der Waals surface area contributed by atoms with E-state index in [1.165, 1.54) is 4.31 Å². The number of hydroxylamine groups is 1. The van der Waals surface area contributed by atoms with E-state index in [4.69, 9.17) is 5.26 Å². The number of carbonyl (C=O) groups excluding carboxylic acids is 1. The number of likely N-dealkylation sites (tertiary alicyclic amines) is 2. The molecule has 2 saturated heterocycles. The minimum Gasteiger partial charge on any atom is -0.342 e. The van der Waals surface area contributed by atoms with E-state index in [9.17, 15) is 18.4 Å². The highest BCUT2D eigenvalue weighted by Gasteiger charge is 2.47. The molecule has 0 saturated carbocycles. The smallest absolute Gasteiger partial charge is 0.250 e. The predicted molar refractivity (Wildman–Crippen MR) is 131 cm³/mol. The Hall–Kier alpha value is -2.94. The van der Waals surface area contributed by atoms with E-state index in [-0.39, 0.29) is 25.1 Å². The lowest BCUT2D eigenvalue weighted by atomic mass is 9.79. The number of benzene rings is 1. The van der Waals surface area contributed by atoms with E-state index in [0.29, 0.717) is 32.0 Å². The predicted octanol–water partition coefficient (Wildman–Crippen LogP) is 1.63. The molecule has 0 aliphatic carbocycles. The molecule has 2 N–H and O–H groups in total. The minimum absolute atomic E-state index is 0.232. The molecule has 35 heavy (non-hydrogen) atoms. The van der Waals surface area contributed by atoms with E-state index in [0.717, 1.165) is 37.1 Å². The molecule has 0 spiro atoms. The third-order valence-corrected chi connectivity index (χ3v) is 9.33. The van der Waals surface area contributed by atoms with Crippen molar-refractivity contribution in [3.8, 4) is 6.19 Å². The number of amides is 1. The zero-order chi connectivity index (χ0) is 24.9. The SMILES string of the molecule is N#CN=C(N1CCCC1)N1CCC(CS(=O)(=O)N2CC=C(c3ccccc3)CC2)(C(=O)NO)CC1. The maximum Gasteiger partial charge on any atom is 0.250 e. The lowest BCUT2D eigenvalue weighted by molar-refractivity contribution is -0.140. The van der Waals surface area contributed by atoms with Gasteiger partial charge in [0.05, 0.1) is 11.2 Å². The van der Waals surface area contributed by atoms with Gasteiger partial charge in [-0.05, 0) is 43.2 Å². The van der Waals surface area contributed by atoms with Crippen molar-refractivity contribution in [2.75, 3.05) is 45.0 Å². The summed E-state index contributed by atoms with van der Waals surface area (Å²) in [7, 11) is -3.76. The monoisotopic (exact) mass is 500 g/mol. The maximum atomic E-state index is 13.4. The van der Waals surface area contributed by atoms with Crippen molar-refractivity contribution in [3.63, 3.8) is 0 Å². The fourth-order valence-corrected chi connectivity index (χ4v) is 7.22. The van der Waals surface area contributed by atoms with Gasteiger partial charge in [0, 0.05) is 39.3 Å². The highest BCUT2D eigenvalue weighted by atomic mass is 32.2. The highest BCUT2D eigenvalue weighted by molar-refractivity contribution is 7.89. The third kappa shape index (κ3) is 5.50. The molecule has 1 aromatic rings. The van der Waals surface area contributed by atoms with Crippen molar-refractivity contribution in [3.05, 3.63) is 42.0 Å². The second-order valence-electron chi connectivity index (χ2n) is 9.37. The van der Waals surface area contributed by atoms with Gasteiger partial charge in [0.15, 0.2) is 0 Å². The topological polar surface area (TPSA) is 129 Å². The largest absolute Gasteiger partial charge is 0.342 e. The third-order valence-electron chi connectivity index (χ3n) is 7.29. The normalized spacial score (nSPS) is 21.4. The van der Waals surface area contributed by atoms with Crippen molar-refractivity contribution >= 4 is 27.5 Å². The van der Waals surface area contributed by atoms with Crippen LogP contribution in [-0.4, -0.2) is 84.6 Å². The lowest BCUT2D eigenvalue weighted by Gasteiger charge is -2.42.